The molecule has 7 nitrogen and oxygen atoms in total. The summed E-state index contributed by atoms with van der Waals surface area (Å²) < 4.78 is 39.4. The molecule has 1 aliphatic rings. The monoisotopic (exact) mass is 446 g/mol. The summed E-state index contributed by atoms with van der Waals surface area (Å²) >= 11 is 0. The Morgan fingerprint density at radius 1 is 1.16 bits per heavy atom. The summed E-state index contributed by atoms with van der Waals surface area (Å²) in [6.07, 6.45) is 1.84. The Morgan fingerprint density at radius 2 is 1.94 bits per heavy atom. The normalized spacial score (nSPS) is 16.2. The van der Waals surface area contributed by atoms with Gasteiger partial charge in [0, 0.05) is 13.2 Å². The van der Waals surface area contributed by atoms with Crippen LogP contribution >= 0.6 is 0 Å². The minimum absolute atomic E-state index is 0.0208. The molecule has 1 fully saturated rings. The van der Waals surface area contributed by atoms with Crippen molar-refractivity contribution in [2.24, 2.45) is 0 Å². The number of amides is 1. The van der Waals surface area contributed by atoms with Gasteiger partial charge < -0.3 is 14.8 Å². The zero-order chi connectivity index (χ0) is 22.6. The maximum atomic E-state index is 13.7. The highest BCUT2D eigenvalue weighted by atomic mass is 32.2. The number of nitrogens with one attached hydrogen (secondary N) is 1. The SMILES string of the molecule is COc1ccc(C)cc1S(=O)(=O)N(CC(=O)NC[C@@H]1CCCO1)c1ccc(C)c(C)c1. The Kier molecular flexibility index (Phi) is 7.23. The summed E-state index contributed by atoms with van der Waals surface area (Å²) in [6.45, 7) is 6.40. The van der Waals surface area contributed by atoms with E-state index < -0.39 is 10.0 Å². The molecule has 0 unspecified atom stereocenters. The van der Waals surface area contributed by atoms with Crippen LogP contribution in [0.3, 0.4) is 0 Å². The average molecular weight is 447 g/mol. The van der Waals surface area contributed by atoms with E-state index >= 15 is 0 Å². The van der Waals surface area contributed by atoms with Gasteiger partial charge in [0.25, 0.3) is 10.0 Å². The van der Waals surface area contributed by atoms with Crippen LogP contribution in [0.1, 0.15) is 29.5 Å². The molecule has 0 aromatic heterocycles. The first-order valence-electron chi connectivity index (χ1n) is 10.4. The summed E-state index contributed by atoms with van der Waals surface area (Å²) in [5.74, 6) is -0.150. The number of aryl methyl sites for hydroxylation is 3. The predicted molar refractivity (Wildman–Crippen MR) is 120 cm³/mol. The first-order chi connectivity index (χ1) is 14.7. The zero-order valence-electron chi connectivity index (χ0n) is 18.5. The number of hydrogen-bond acceptors (Lipinski definition) is 5. The number of carbonyl (C=O) groups is 1. The molecule has 31 heavy (non-hydrogen) atoms. The van der Waals surface area contributed by atoms with Crippen molar-refractivity contribution in [3.63, 3.8) is 0 Å². The molecular weight excluding hydrogens is 416 g/mol. The molecule has 0 bridgehead atoms. The number of hydrogen-bond donors (Lipinski definition) is 1. The van der Waals surface area contributed by atoms with Gasteiger partial charge in [0.05, 0.1) is 18.9 Å². The third-order valence-electron chi connectivity index (χ3n) is 5.50. The van der Waals surface area contributed by atoms with Gasteiger partial charge in [-0.1, -0.05) is 12.1 Å². The second kappa shape index (κ2) is 9.70. The van der Waals surface area contributed by atoms with Crippen LogP contribution in [-0.2, 0) is 19.6 Å². The van der Waals surface area contributed by atoms with Crippen molar-refractivity contribution in [3.8, 4) is 5.75 Å². The Bertz CT molecular complexity index is 1050. The highest BCUT2D eigenvalue weighted by Crippen LogP contribution is 2.31. The van der Waals surface area contributed by atoms with Crippen molar-refractivity contribution < 1.29 is 22.7 Å². The van der Waals surface area contributed by atoms with Crippen molar-refractivity contribution in [2.75, 3.05) is 31.1 Å². The third-order valence-corrected chi connectivity index (χ3v) is 7.30. The second-order valence-electron chi connectivity index (χ2n) is 7.87. The molecule has 3 rings (SSSR count). The van der Waals surface area contributed by atoms with Gasteiger partial charge in [0.2, 0.25) is 5.91 Å². The Hall–Kier alpha value is -2.58. The summed E-state index contributed by atoms with van der Waals surface area (Å²) in [7, 11) is -2.64. The molecule has 0 saturated carbocycles. The quantitative estimate of drug-likeness (QED) is 0.674. The van der Waals surface area contributed by atoms with Gasteiger partial charge >= 0.3 is 0 Å². The summed E-state index contributed by atoms with van der Waals surface area (Å²) in [5, 5.41) is 2.81. The van der Waals surface area contributed by atoms with Gasteiger partial charge in [-0.25, -0.2) is 8.42 Å². The van der Waals surface area contributed by atoms with Crippen molar-refractivity contribution in [1.82, 2.24) is 5.32 Å². The van der Waals surface area contributed by atoms with Gasteiger partial charge in [-0.3, -0.25) is 9.10 Å². The molecule has 8 heteroatoms. The summed E-state index contributed by atoms with van der Waals surface area (Å²) in [5.41, 5.74) is 3.19. The van der Waals surface area contributed by atoms with Crippen LogP contribution in [0.4, 0.5) is 5.69 Å². The molecule has 0 spiro atoms. The maximum Gasteiger partial charge on any atom is 0.268 e. The maximum absolute atomic E-state index is 13.7. The summed E-state index contributed by atoms with van der Waals surface area (Å²) in [4.78, 5) is 12.8. The fourth-order valence-corrected chi connectivity index (χ4v) is 5.18. The average Bonchev–Trinajstić information content (AvgIpc) is 3.26. The zero-order valence-corrected chi connectivity index (χ0v) is 19.3. The molecule has 1 aliphatic heterocycles. The van der Waals surface area contributed by atoms with Crippen LogP contribution in [0, 0.1) is 20.8 Å². The first-order valence-corrected chi connectivity index (χ1v) is 11.8. The standard InChI is InChI=1S/C23H30N2O5S/c1-16-7-10-21(29-4)22(12-16)31(27,28)25(19-9-8-17(2)18(3)13-19)15-23(26)24-14-20-6-5-11-30-20/h7-10,12-13,20H,5-6,11,14-15H2,1-4H3,(H,24,26)/t20-/m0/s1. The van der Waals surface area contributed by atoms with Gasteiger partial charge in [-0.15, -0.1) is 0 Å². The second-order valence-corrected chi connectivity index (χ2v) is 9.70. The number of methoxy groups -OCH3 is 1. The molecular formula is C23H30N2O5S. The number of anilines is 1. The smallest absolute Gasteiger partial charge is 0.268 e. The molecule has 1 N–H and O–H groups in total. The van der Waals surface area contributed by atoms with Gasteiger partial charge in [0.1, 0.15) is 17.2 Å². The third kappa shape index (κ3) is 5.37. The number of benzene rings is 2. The fraction of sp³-hybridized carbons (Fsp3) is 0.435. The highest BCUT2D eigenvalue weighted by molar-refractivity contribution is 7.93. The lowest BCUT2D eigenvalue weighted by Crippen LogP contribution is -2.43. The van der Waals surface area contributed by atoms with Crippen molar-refractivity contribution in [1.29, 1.82) is 0 Å². The van der Waals surface area contributed by atoms with E-state index in [9.17, 15) is 13.2 Å². The molecule has 1 amide bonds. The lowest BCUT2D eigenvalue weighted by atomic mass is 10.1. The van der Waals surface area contributed by atoms with Gasteiger partial charge in [0.15, 0.2) is 0 Å². The fourth-order valence-electron chi connectivity index (χ4n) is 3.52. The molecule has 168 valence electrons. The molecule has 1 saturated heterocycles. The van der Waals surface area contributed by atoms with Crippen LogP contribution in [-0.4, -0.2) is 47.2 Å². The van der Waals surface area contributed by atoms with E-state index in [2.05, 4.69) is 5.32 Å². The molecule has 1 heterocycles. The Labute approximate surface area is 184 Å². The van der Waals surface area contributed by atoms with E-state index in [0.29, 0.717) is 18.8 Å². The number of sulfonamides is 1. The van der Waals surface area contributed by atoms with E-state index in [4.69, 9.17) is 9.47 Å². The minimum Gasteiger partial charge on any atom is -0.495 e. The van der Waals surface area contributed by atoms with Gasteiger partial charge in [-0.2, -0.15) is 0 Å². The first kappa shape index (κ1) is 23.1. The summed E-state index contributed by atoms with van der Waals surface area (Å²) in [6, 6.07) is 10.3. The van der Waals surface area contributed by atoms with E-state index in [1.165, 1.54) is 7.11 Å². The number of carbonyl (C=O) groups excluding carboxylic acids is 1. The van der Waals surface area contributed by atoms with Crippen molar-refractivity contribution in [3.05, 3.63) is 53.1 Å². The Balaban J connectivity index is 1.95. The number of rotatable bonds is 8. The minimum atomic E-state index is -4.07. The van der Waals surface area contributed by atoms with E-state index in [-0.39, 0.29) is 29.2 Å². The highest BCUT2D eigenvalue weighted by Gasteiger charge is 2.30. The number of nitrogens with zero attached hydrogens (tertiary/aromatic N) is 1. The van der Waals surface area contributed by atoms with Crippen molar-refractivity contribution in [2.45, 2.75) is 44.6 Å². The topological polar surface area (TPSA) is 84.9 Å². The molecule has 1 atom stereocenters. The van der Waals surface area contributed by atoms with Crippen LogP contribution in [0.25, 0.3) is 0 Å². The van der Waals surface area contributed by atoms with Crippen LogP contribution in [0.15, 0.2) is 41.3 Å². The molecule has 2 aromatic carbocycles. The van der Waals surface area contributed by atoms with Crippen LogP contribution < -0.4 is 14.4 Å². The molecule has 2 aromatic rings. The molecule has 0 radical (unpaired) electrons. The van der Waals surface area contributed by atoms with Gasteiger partial charge in [-0.05, 0) is 74.6 Å². The lowest BCUT2D eigenvalue weighted by Gasteiger charge is -2.26. The lowest BCUT2D eigenvalue weighted by molar-refractivity contribution is -0.120. The van der Waals surface area contributed by atoms with Crippen molar-refractivity contribution >= 4 is 21.6 Å². The largest absolute Gasteiger partial charge is 0.495 e. The van der Waals surface area contributed by atoms with E-state index in [1.54, 1.807) is 30.3 Å². The number of ether oxygens (including phenoxy) is 2. The predicted octanol–water partition coefficient (Wildman–Crippen LogP) is 3.11. The van der Waals surface area contributed by atoms with Crippen LogP contribution in [0.5, 0.6) is 5.75 Å². The van der Waals surface area contributed by atoms with E-state index in [0.717, 1.165) is 33.8 Å². The molecule has 0 aliphatic carbocycles. The van der Waals surface area contributed by atoms with Crippen LogP contribution in [0.2, 0.25) is 0 Å². The van der Waals surface area contributed by atoms with E-state index in [1.807, 2.05) is 26.8 Å². The Morgan fingerprint density at radius 3 is 2.58 bits per heavy atom.